The van der Waals surface area contributed by atoms with Crippen molar-refractivity contribution in [3.63, 3.8) is 0 Å². The van der Waals surface area contributed by atoms with Crippen LogP contribution >= 0.6 is 15.9 Å². The number of hydrogen-bond acceptors (Lipinski definition) is 5. The van der Waals surface area contributed by atoms with Crippen molar-refractivity contribution in [2.75, 3.05) is 21.3 Å². The first-order valence-corrected chi connectivity index (χ1v) is 8.02. The molecule has 0 aromatic heterocycles. The van der Waals surface area contributed by atoms with Gasteiger partial charge in [-0.1, -0.05) is 29.8 Å². The first kappa shape index (κ1) is 18.1. The van der Waals surface area contributed by atoms with Crippen molar-refractivity contribution in [1.29, 1.82) is 0 Å². The van der Waals surface area contributed by atoms with E-state index in [0.29, 0.717) is 27.3 Å². The molecule has 0 radical (unpaired) electrons. The Morgan fingerprint density at radius 1 is 1.00 bits per heavy atom. The van der Waals surface area contributed by atoms with E-state index in [9.17, 15) is 4.79 Å². The van der Waals surface area contributed by atoms with Crippen LogP contribution in [0.5, 0.6) is 17.2 Å². The van der Waals surface area contributed by atoms with E-state index in [-0.39, 0.29) is 6.61 Å². The molecule has 0 heterocycles. The van der Waals surface area contributed by atoms with E-state index >= 15 is 0 Å². The van der Waals surface area contributed by atoms with Crippen LogP contribution in [0.15, 0.2) is 34.8 Å². The molecule has 0 aliphatic rings. The summed E-state index contributed by atoms with van der Waals surface area (Å²) in [4.78, 5) is 12.4. The maximum Gasteiger partial charge on any atom is 0.339 e. The molecule has 0 atom stereocenters. The third-order valence-electron chi connectivity index (χ3n) is 3.48. The minimum absolute atomic E-state index is 0.183. The highest BCUT2D eigenvalue weighted by Crippen LogP contribution is 2.44. The molecule has 0 spiro atoms. The van der Waals surface area contributed by atoms with Crippen LogP contribution in [0.2, 0.25) is 0 Å². The first-order chi connectivity index (χ1) is 11.5. The van der Waals surface area contributed by atoms with Crippen molar-refractivity contribution in [3.8, 4) is 17.2 Å². The number of carbonyl (C=O) groups is 1. The maximum atomic E-state index is 12.4. The van der Waals surface area contributed by atoms with Gasteiger partial charge in [0.05, 0.1) is 31.4 Å². The summed E-state index contributed by atoms with van der Waals surface area (Å²) in [6.07, 6.45) is 0. The summed E-state index contributed by atoms with van der Waals surface area (Å²) in [5.41, 5.74) is 2.37. The van der Waals surface area contributed by atoms with Crippen LogP contribution in [0.3, 0.4) is 0 Å². The molecule has 6 heteroatoms. The zero-order valence-electron chi connectivity index (χ0n) is 14.0. The Hall–Kier alpha value is -2.21. The number of halogens is 1. The highest BCUT2D eigenvalue weighted by molar-refractivity contribution is 9.10. The van der Waals surface area contributed by atoms with E-state index in [4.69, 9.17) is 18.9 Å². The number of benzene rings is 2. The lowest BCUT2D eigenvalue weighted by molar-refractivity contribution is 0.0470. The molecular weight excluding hydrogens is 376 g/mol. The quantitative estimate of drug-likeness (QED) is 0.689. The van der Waals surface area contributed by atoms with Crippen molar-refractivity contribution in [3.05, 3.63) is 51.5 Å². The fourth-order valence-electron chi connectivity index (χ4n) is 2.18. The van der Waals surface area contributed by atoms with E-state index in [1.165, 1.54) is 21.3 Å². The number of methoxy groups -OCH3 is 3. The number of ether oxygens (including phenoxy) is 4. The summed E-state index contributed by atoms with van der Waals surface area (Å²) in [7, 11) is 4.48. The summed E-state index contributed by atoms with van der Waals surface area (Å²) < 4.78 is 21.7. The minimum atomic E-state index is -0.485. The largest absolute Gasteiger partial charge is 0.493 e. The standard InChI is InChI=1S/C18H19BrO5/c1-11-5-7-12(8-6-11)10-24-18(20)13-9-14(21-2)16(22-3)17(23-4)15(13)19/h5-9H,10H2,1-4H3. The van der Waals surface area contributed by atoms with Crippen LogP contribution in [0, 0.1) is 6.92 Å². The van der Waals surface area contributed by atoms with Crippen molar-refractivity contribution < 1.29 is 23.7 Å². The SMILES string of the molecule is COc1cc(C(=O)OCc2ccc(C)cc2)c(Br)c(OC)c1OC. The number of hydrogen-bond donors (Lipinski definition) is 0. The predicted octanol–water partition coefficient (Wildman–Crippen LogP) is 4.14. The van der Waals surface area contributed by atoms with Gasteiger partial charge in [0.2, 0.25) is 5.75 Å². The van der Waals surface area contributed by atoms with E-state index in [1.54, 1.807) is 6.07 Å². The Kier molecular flexibility index (Phi) is 6.09. The third-order valence-corrected chi connectivity index (χ3v) is 4.27. The maximum absolute atomic E-state index is 12.4. The molecule has 0 saturated heterocycles. The van der Waals surface area contributed by atoms with Crippen molar-refractivity contribution >= 4 is 21.9 Å². The second-order valence-corrected chi connectivity index (χ2v) is 5.86. The van der Waals surface area contributed by atoms with Crippen LogP contribution < -0.4 is 14.2 Å². The van der Waals surface area contributed by atoms with E-state index in [0.717, 1.165) is 11.1 Å². The number of carbonyl (C=O) groups excluding carboxylic acids is 1. The molecule has 0 saturated carbocycles. The molecule has 128 valence electrons. The van der Waals surface area contributed by atoms with Gasteiger partial charge in [-0.05, 0) is 34.5 Å². The van der Waals surface area contributed by atoms with Gasteiger partial charge < -0.3 is 18.9 Å². The molecule has 0 aliphatic carbocycles. The second-order valence-electron chi connectivity index (χ2n) is 5.07. The fraction of sp³-hybridized carbons (Fsp3) is 0.278. The van der Waals surface area contributed by atoms with Gasteiger partial charge >= 0.3 is 5.97 Å². The third kappa shape index (κ3) is 3.82. The lowest BCUT2D eigenvalue weighted by Crippen LogP contribution is -2.08. The Balaban J connectivity index is 2.26. The molecule has 5 nitrogen and oxygen atoms in total. The molecule has 2 aromatic carbocycles. The number of rotatable bonds is 6. The van der Waals surface area contributed by atoms with Crippen LogP contribution in [0.4, 0.5) is 0 Å². The van der Waals surface area contributed by atoms with Crippen LogP contribution in [0.1, 0.15) is 21.5 Å². The summed E-state index contributed by atoms with van der Waals surface area (Å²) >= 11 is 3.37. The Morgan fingerprint density at radius 2 is 1.62 bits per heavy atom. The van der Waals surface area contributed by atoms with Gasteiger partial charge in [0, 0.05) is 0 Å². The highest BCUT2D eigenvalue weighted by Gasteiger charge is 2.23. The topological polar surface area (TPSA) is 54.0 Å². The summed E-state index contributed by atoms with van der Waals surface area (Å²) in [6.45, 7) is 2.19. The van der Waals surface area contributed by atoms with Crippen molar-refractivity contribution in [1.82, 2.24) is 0 Å². The average molecular weight is 395 g/mol. The van der Waals surface area contributed by atoms with Crippen molar-refractivity contribution in [2.45, 2.75) is 13.5 Å². The summed E-state index contributed by atoms with van der Waals surface area (Å²) in [6, 6.07) is 9.35. The molecule has 2 rings (SSSR count). The normalized spacial score (nSPS) is 10.2. The fourth-order valence-corrected chi connectivity index (χ4v) is 2.80. The zero-order chi connectivity index (χ0) is 17.7. The van der Waals surface area contributed by atoms with Crippen LogP contribution in [0.25, 0.3) is 0 Å². The van der Waals surface area contributed by atoms with Gasteiger partial charge in [0.1, 0.15) is 6.61 Å². The molecule has 0 fully saturated rings. The smallest absolute Gasteiger partial charge is 0.339 e. The van der Waals surface area contributed by atoms with Crippen molar-refractivity contribution in [2.24, 2.45) is 0 Å². The van der Waals surface area contributed by atoms with E-state index < -0.39 is 5.97 Å². The Bertz CT molecular complexity index is 725. The van der Waals surface area contributed by atoms with Gasteiger partial charge in [-0.3, -0.25) is 0 Å². The van der Waals surface area contributed by atoms with Gasteiger partial charge in [-0.15, -0.1) is 0 Å². The number of esters is 1. The van der Waals surface area contributed by atoms with Gasteiger partial charge in [-0.25, -0.2) is 4.79 Å². The Morgan fingerprint density at radius 3 is 2.17 bits per heavy atom. The minimum Gasteiger partial charge on any atom is -0.493 e. The molecule has 0 bridgehead atoms. The van der Waals surface area contributed by atoms with Gasteiger partial charge in [0.25, 0.3) is 0 Å². The highest BCUT2D eigenvalue weighted by atomic mass is 79.9. The molecular formula is C18H19BrO5. The monoisotopic (exact) mass is 394 g/mol. The molecule has 0 amide bonds. The van der Waals surface area contributed by atoms with E-state index in [2.05, 4.69) is 15.9 Å². The molecule has 0 unspecified atom stereocenters. The van der Waals surface area contributed by atoms with Gasteiger partial charge in [-0.2, -0.15) is 0 Å². The molecule has 0 N–H and O–H groups in total. The first-order valence-electron chi connectivity index (χ1n) is 7.23. The Labute approximate surface area is 149 Å². The predicted molar refractivity (Wildman–Crippen MR) is 94.1 cm³/mol. The zero-order valence-corrected chi connectivity index (χ0v) is 15.6. The second kappa shape index (κ2) is 8.06. The lowest BCUT2D eigenvalue weighted by atomic mass is 10.1. The van der Waals surface area contributed by atoms with E-state index in [1.807, 2.05) is 31.2 Å². The molecule has 0 aliphatic heterocycles. The average Bonchev–Trinajstić information content (AvgIpc) is 2.60. The number of aryl methyl sites for hydroxylation is 1. The van der Waals surface area contributed by atoms with Crippen LogP contribution in [-0.2, 0) is 11.3 Å². The van der Waals surface area contributed by atoms with Crippen LogP contribution in [-0.4, -0.2) is 27.3 Å². The van der Waals surface area contributed by atoms with Gasteiger partial charge in [0.15, 0.2) is 11.5 Å². The summed E-state index contributed by atoms with van der Waals surface area (Å²) in [5.74, 6) is 0.683. The lowest BCUT2D eigenvalue weighted by Gasteiger charge is -2.16. The summed E-state index contributed by atoms with van der Waals surface area (Å²) in [5, 5.41) is 0. The molecule has 2 aromatic rings. The molecule has 24 heavy (non-hydrogen) atoms.